The number of hydrogen-bond acceptors (Lipinski definition) is 5. The summed E-state index contributed by atoms with van der Waals surface area (Å²) in [5, 5.41) is 2.77. The third-order valence-electron chi connectivity index (χ3n) is 3.10. The van der Waals surface area contributed by atoms with Crippen LogP contribution in [0.3, 0.4) is 0 Å². The molecule has 120 valence electrons. The zero-order chi connectivity index (χ0) is 16.3. The number of amides is 1. The first-order valence-electron chi connectivity index (χ1n) is 6.39. The van der Waals surface area contributed by atoms with Crippen LogP contribution in [-0.2, 0) is 19.4 Å². The fraction of sp³-hybridized carbons (Fsp3) is 0.385. The minimum atomic E-state index is -3.08. The van der Waals surface area contributed by atoms with Crippen LogP contribution in [0, 0.1) is 0 Å². The Morgan fingerprint density at radius 3 is 2.68 bits per heavy atom. The molecule has 6 nitrogen and oxygen atoms in total. The van der Waals surface area contributed by atoms with E-state index < -0.39 is 34.4 Å². The van der Waals surface area contributed by atoms with Gasteiger partial charge in [0.15, 0.2) is 16.4 Å². The monoisotopic (exact) mass is 365 g/mol. The smallest absolute Gasteiger partial charge is 0.340 e. The van der Waals surface area contributed by atoms with Crippen LogP contribution >= 0.6 is 23.2 Å². The molecule has 1 aliphatic heterocycles. The number of ether oxygens (including phenoxy) is 1. The maximum atomic E-state index is 11.8. The molecule has 22 heavy (non-hydrogen) atoms. The molecule has 1 N–H and O–H groups in total. The van der Waals surface area contributed by atoms with Crippen molar-refractivity contribution in [1.29, 1.82) is 0 Å². The first-order valence-corrected chi connectivity index (χ1v) is 8.97. The van der Waals surface area contributed by atoms with E-state index in [4.69, 9.17) is 27.9 Å². The van der Waals surface area contributed by atoms with Crippen LogP contribution in [0.15, 0.2) is 18.2 Å². The second kappa shape index (κ2) is 6.85. The van der Waals surface area contributed by atoms with Gasteiger partial charge in [0.25, 0.3) is 5.91 Å². The minimum absolute atomic E-state index is 0.0514. The Bertz CT molecular complexity index is 704. The van der Waals surface area contributed by atoms with Gasteiger partial charge in [-0.15, -0.1) is 0 Å². The molecule has 0 aliphatic carbocycles. The zero-order valence-corrected chi connectivity index (χ0v) is 13.7. The topological polar surface area (TPSA) is 89.5 Å². The molecule has 1 amide bonds. The largest absolute Gasteiger partial charge is 0.452 e. The average molecular weight is 366 g/mol. The summed E-state index contributed by atoms with van der Waals surface area (Å²) in [7, 11) is -3.08. The quantitative estimate of drug-likeness (QED) is 0.815. The van der Waals surface area contributed by atoms with Crippen molar-refractivity contribution < 1.29 is 22.7 Å². The van der Waals surface area contributed by atoms with Gasteiger partial charge in [-0.05, 0) is 18.6 Å². The van der Waals surface area contributed by atoms with Crippen molar-refractivity contribution in [3.05, 3.63) is 33.8 Å². The van der Waals surface area contributed by atoms with Gasteiger partial charge >= 0.3 is 5.97 Å². The Hall–Kier alpha value is -1.31. The van der Waals surface area contributed by atoms with Gasteiger partial charge in [-0.3, -0.25) is 4.79 Å². The van der Waals surface area contributed by atoms with Gasteiger partial charge in [0.2, 0.25) is 0 Å². The van der Waals surface area contributed by atoms with Crippen molar-refractivity contribution in [3.8, 4) is 0 Å². The highest BCUT2D eigenvalue weighted by atomic mass is 35.5. The van der Waals surface area contributed by atoms with E-state index in [2.05, 4.69) is 5.32 Å². The third-order valence-corrected chi connectivity index (χ3v) is 5.69. The van der Waals surface area contributed by atoms with E-state index in [9.17, 15) is 18.0 Å². The molecule has 1 aromatic carbocycles. The Kier molecular flexibility index (Phi) is 5.31. The minimum Gasteiger partial charge on any atom is -0.452 e. The van der Waals surface area contributed by atoms with Gasteiger partial charge in [-0.25, -0.2) is 13.2 Å². The Morgan fingerprint density at radius 1 is 1.32 bits per heavy atom. The maximum Gasteiger partial charge on any atom is 0.340 e. The summed E-state index contributed by atoms with van der Waals surface area (Å²) in [6.45, 7) is -0.516. The molecule has 0 spiro atoms. The fourth-order valence-electron chi connectivity index (χ4n) is 2.05. The number of sulfone groups is 1. The Labute approximate surface area is 137 Å². The summed E-state index contributed by atoms with van der Waals surface area (Å²) in [6.07, 6.45) is 0.363. The fourth-order valence-corrected chi connectivity index (χ4v) is 4.10. The highest BCUT2D eigenvalue weighted by Crippen LogP contribution is 2.25. The van der Waals surface area contributed by atoms with E-state index in [1.807, 2.05) is 0 Å². The molecular formula is C13H13Cl2NO5S. The SMILES string of the molecule is O=C(COC(=O)c1cccc(Cl)c1Cl)N[C@H]1CCS(=O)(=O)C1. The zero-order valence-electron chi connectivity index (χ0n) is 11.3. The van der Waals surface area contributed by atoms with Crippen LogP contribution in [0.4, 0.5) is 0 Å². The van der Waals surface area contributed by atoms with Crippen molar-refractivity contribution in [2.24, 2.45) is 0 Å². The van der Waals surface area contributed by atoms with Crippen molar-refractivity contribution >= 4 is 44.9 Å². The van der Waals surface area contributed by atoms with Crippen LogP contribution in [0.1, 0.15) is 16.8 Å². The second-order valence-corrected chi connectivity index (χ2v) is 7.86. The molecule has 1 saturated heterocycles. The third kappa shape index (κ3) is 4.34. The number of esters is 1. The summed E-state index contributed by atoms with van der Waals surface area (Å²) in [5.74, 6) is -1.38. The van der Waals surface area contributed by atoms with Crippen LogP contribution in [0.5, 0.6) is 0 Å². The van der Waals surface area contributed by atoms with Crippen LogP contribution in [-0.4, -0.2) is 44.4 Å². The number of halogens is 2. The lowest BCUT2D eigenvalue weighted by atomic mass is 10.2. The predicted molar refractivity (Wildman–Crippen MR) is 81.9 cm³/mol. The Balaban J connectivity index is 1.86. The summed E-state index contributed by atoms with van der Waals surface area (Å²) in [5.41, 5.74) is 0.0606. The van der Waals surface area contributed by atoms with Crippen molar-refractivity contribution in [2.75, 3.05) is 18.1 Å². The molecule has 1 aliphatic rings. The standard InChI is InChI=1S/C13H13Cl2NO5S/c14-10-3-1-2-9(12(10)15)13(18)21-6-11(17)16-8-4-5-22(19,20)7-8/h1-3,8H,4-7H2,(H,16,17)/t8-/m0/s1. The van der Waals surface area contributed by atoms with E-state index in [0.717, 1.165) is 0 Å². The van der Waals surface area contributed by atoms with Gasteiger partial charge in [-0.2, -0.15) is 0 Å². The molecule has 1 heterocycles. The van der Waals surface area contributed by atoms with Gasteiger partial charge < -0.3 is 10.1 Å². The number of nitrogens with one attached hydrogen (secondary N) is 1. The molecule has 0 aromatic heterocycles. The van der Waals surface area contributed by atoms with E-state index in [1.165, 1.54) is 18.2 Å². The molecule has 1 aromatic rings. The lowest BCUT2D eigenvalue weighted by molar-refractivity contribution is -0.124. The summed E-state index contributed by atoms with van der Waals surface area (Å²) < 4.78 is 27.4. The molecule has 1 fully saturated rings. The van der Waals surface area contributed by atoms with E-state index in [1.54, 1.807) is 0 Å². The predicted octanol–water partition coefficient (Wildman–Crippen LogP) is 1.45. The summed E-state index contributed by atoms with van der Waals surface area (Å²) >= 11 is 11.7. The number of hydrogen-bond donors (Lipinski definition) is 1. The van der Waals surface area contributed by atoms with E-state index in [-0.39, 0.29) is 27.1 Å². The van der Waals surface area contributed by atoms with Crippen LogP contribution < -0.4 is 5.32 Å². The molecule has 9 heteroatoms. The van der Waals surface area contributed by atoms with Gasteiger partial charge in [0.05, 0.1) is 27.1 Å². The normalized spacial score (nSPS) is 19.6. The number of benzene rings is 1. The van der Waals surface area contributed by atoms with Crippen molar-refractivity contribution in [1.82, 2.24) is 5.32 Å². The highest BCUT2D eigenvalue weighted by Gasteiger charge is 2.29. The van der Waals surface area contributed by atoms with E-state index >= 15 is 0 Å². The van der Waals surface area contributed by atoms with Crippen LogP contribution in [0.2, 0.25) is 10.0 Å². The highest BCUT2D eigenvalue weighted by molar-refractivity contribution is 7.91. The molecular weight excluding hydrogens is 353 g/mol. The summed E-state index contributed by atoms with van der Waals surface area (Å²) in [4.78, 5) is 23.5. The molecule has 1 atom stereocenters. The van der Waals surface area contributed by atoms with Gasteiger partial charge in [-0.1, -0.05) is 29.3 Å². The van der Waals surface area contributed by atoms with Gasteiger partial charge in [0, 0.05) is 6.04 Å². The summed E-state index contributed by atoms with van der Waals surface area (Å²) in [6, 6.07) is 4.05. The Morgan fingerprint density at radius 2 is 2.05 bits per heavy atom. The van der Waals surface area contributed by atoms with Crippen molar-refractivity contribution in [2.45, 2.75) is 12.5 Å². The first-order chi connectivity index (χ1) is 10.3. The molecule has 0 radical (unpaired) electrons. The number of carbonyl (C=O) groups excluding carboxylic acids is 2. The number of rotatable bonds is 4. The van der Waals surface area contributed by atoms with E-state index in [0.29, 0.717) is 6.42 Å². The lowest BCUT2D eigenvalue weighted by Gasteiger charge is -2.11. The average Bonchev–Trinajstić information content (AvgIpc) is 2.78. The number of carbonyl (C=O) groups is 2. The molecule has 2 rings (SSSR count). The lowest BCUT2D eigenvalue weighted by Crippen LogP contribution is -2.38. The van der Waals surface area contributed by atoms with Crippen molar-refractivity contribution in [3.63, 3.8) is 0 Å². The van der Waals surface area contributed by atoms with Crippen LogP contribution in [0.25, 0.3) is 0 Å². The molecule has 0 bridgehead atoms. The molecule has 0 saturated carbocycles. The first kappa shape index (κ1) is 17.1. The molecule has 0 unspecified atom stereocenters. The second-order valence-electron chi connectivity index (χ2n) is 4.84. The maximum absolute atomic E-state index is 11.8. The van der Waals surface area contributed by atoms with Gasteiger partial charge in [0.1, 0.15) is 0 Å².